The summed E-state index contributed by atoms with van der Waals surface area (Å²) in [6, 6.07) is 7.56. The number of carbonyl (C=O) groups is 2. The van der Waals surface area contributed by atoms with Crippen LogP contribution >= 0.6 is 27.3 Å². The van der Waals surface area contributed by atoms with E-state index in [1.54, 1.807) is 4.90 Å². The molecule has 0 radical (unpaired) electrons. The summed E-state index contributed by atoms with van der Waals surface area (Å²) >= 11 is 4.82. The fraction of sp³-hybridized carbons (Fsp3) is 0.476. The molecule has 2 aliphatic heterocycles. The molecular formula is C21H25BrN4O3S. The van der Waals surface area contributed by atoms with Crippen LogP contribution in [0.1, 0.15) is 26.0 Å². The van der Waals surface area contributed by atoms with Crippen LogP contribution < -0.4 is 10.2 Å². The quantitative estimate of drug-likeness (QED) is 0.646. The van der Waals surface area contributed by atoms with Crippen LogP contribution in [0, 0.1) is 5.92 Å². The molecule has 1 aromatic carbocycles. The van der Waals surface area contributed by atoms with Crippen LogP contribution in [-0.4, -0.2) is 53.5 Å². The summed E-state index contributed by atoms with van der Waals surface area (Å²) in [5.41, 5.74) is 1.72. The molecule has 2 amide bonds. The zero-order valence-corrected chi connectivity index (χ0v) is 19.4. The van der Waals surface area contributed by atoms with Gasteiger partial charge >= 0.3 is 0 Å². The van der Waals surface area contributed by atoms with Crippen molar-refractivity contribution in [2.75, 3.05) is 29.9 Å². The van der Waals surface area contributed by atoms with Gasteiger partial charge in [0.1, 0.15) is 5.92 Å². The van der Waals surface area contributed by atoms with Crippen molar-refractivity contribution in [2.24, 2.45) is 5.92 Å². The number of rotatable bonds is 5. The molecule has 0 saturated carbocycles. The van der Waals surface area contributed by atoms with Gasteiger partial charge in [-0.1, -0.05) is 22.0 Å². The zero-order chi connectivity index (χ0) is 21.3. The first-order valence-electron chi connectivity index (χ1n) is 10.1. The number of nitrogens with one attached hydrogen (secondary N) is 1. The minimum atomic E-state index is -0.683. The SMILES string of the molecule is CC1CN(Cc2csc(NC(=O)C3CCN(c4cccc(Br)c4)C3=O)n2)CC(C)O1. The Kier molecular flexibility index (Phi) is 6.52. The Hall–Kier alpha value is -1.81. The Morgan fingerprint density at radius 2 is 2.10 bits per heavy atom. The van der Waals surface area contributed by atoms with E-state index in [0.29, 0.717) is 18.1 Å². The van der Waals surface area contributed by atoms with Crippen LogP contribution in [-0.2, 0) is 20.9 Å². The van der Waals surface area contributed by atoms with E-state index < -0.39 is 5.92 Å². The highest BCUT2D eigenvalue weighted by atomic mass is 79.9. The lowest BCUT2D eigenvalue weighted by molar-refractivity contribution is -0.129. The third-order valence-electron chi connectivity index (χ3n) is 5.30. The first kappa shape index (κ1) is 21.4. The summed E-state index contributed by atoms with van der Waals surface area (Å²) in [5, 5.41) is 5.34. The van der Waals surface area contributed by atoms with Gasteiger partial charge in [-0.2, -0.15) is 0 Å². The van der Waals surface area contributed by atoms with Crippen LogP contribution in [0.5, 0.6) is 0 Å². The summed E-state index contributed by atoms with van der Waals surface area (Å²) in [6.07, 6.45) is 0.903. The number of morpholine rings is 1. The molecule has 160 valence electrons. The predicted molar refractivity (Wildman–Crippen MR) is 121 cm³/mol. The van der Waals surface area contributed by atoms with Crippen LogP contribution in [0.2, 0.25) is 0 Å². The lowest BCUT2D eigenvalue weighted by atomic mass is 10.1. The van der Waals surface area contributed by atoms with Crippen LogP contribution in [0.25, 0.3) is 0 Å². The van der Waals surface area contributed by atoms with Gasteiger partial charge in [-0.15, -0.1) is 11.3 Å². The Labute approximate surface area is 188 Å². The molecule has 2 aliphatic rings. The average molecular weight is 493 g/mol. The summed E-state index contributed by atoms with van der Waals surface area (Å²) in [7, 11) is 0. The van der Waals surface area contributed by atoms with Crippen molar-refractivity contribution < 1.29 is 14.3 Å². The first-order chi connectivity index (χ1) is 14.4. The molecule has 0 bridgehead atoms. The number of carbonyl (C=O) groups excluding carboxylic acids is 2. The molecule has 2 saturated heterocycles. The molecule has 2 fully saturated rings. The molecule has 3 heterocycles. The Balaban J connectivity index is 1.35. The lowest BCUT2D eigenvalue weighted by Gasteiger charge is -2.34. The number of nitrogens with zero attached hydrogens (tertiary/aromatic N) is 3. The number of amides is 2. The van der Waals surface area contributed by atoms with Gasteiger partial charge in [0.15, 0.2) is 5.13 Å². The van der Waals surface area contributed by atoms with Gasteiger partial charge in [-0.05, 0) is 38.5 Å². The first-order valence-corrected chi connectivity index (χ1v) is 11.8. The topological polar surface area (TPSA) is 74.8 Å². The Morgan fingerprint density at radius 1 is 1.33 bits per heavy atom. The maximum Gasteiger partial charge on any atom is 0.239 e. The number of ether oxygens (including phenoxy) is 1. The van der Waals surface area contributed by atoms with Crippen molar-refractivity contribution >= 4 is 49.9 Å². The number of anilines is 2. The second kappa shape index (κ2) is 9.13. The normalized spacial score (nSPS) is 25.0. The van der Waals surface area contributed by atoms with Gasteiger partial charge in [0, 0.05) is 41.7 Å². The number of hydrogen-bond acceptors (Lipinski definition) is 6. The monoisotopic (exact) mass is 492 g/mol. The maximum atomic E-state index is 12.8. The van der Waals surface area contributed by atoms with Crippen LogP contribution in [0.15, 0.2) is 34.1 Å². The number of thiazole rings is 1. The van der Waals surface area contributed by atoms with Gasteiger partial charge in [-0.25, -0.2) is 4.98 Å². The molecule has 30 heavy (non-hydrogen) atoms. The van der Waals surface area contributed by atoms with E-state index in [-0.39, 0.29) is 24.0 Å². The van der Waals surface area contributed by atoms with Gasteiger partial charge in [-0.3, -0.25) is 14.5 Å². The molecule has 9 heteroatoms. The van der Waals surface area contributed by atoms with E-state index in [4.69, 9.17) is 4.74 Å². The van der Waals surface area contributed by atoms with E-state index in [2.05, 4.69) is 45.0 Å². The molecule has 4 rings (SSSR count). The fourth-order valence-corrected chi connectivity index (χ4v) is 5.19. The number of hydrogen-bond donors (Lipinski definition) is 1. The zero-order valence-electron chi connectivity index (χ0n) is 17.0. The second-order valence-electron chi connectivity index (χ2n) is 7.90. The van der Waals surface area contributed by atoms with E-state index in [0.717, 1.165) is 35.5 Å². The molecule has 1 aromatic heterocycles. The third kappa shape index (κ3) is 4.91. The summed E-state index contributed by atoms with van der Waals surface area (Å²) < 4.78 is 6.67. The highest BCUT2D eigenvalue weighted by Gasteiger charge is 2.38. The van der Waals surface area contributed by atoms with Crippen molar-refractivity contribution in [1.29, 1.82) is 0 Å². The molecule has 3 unspecified atom stereocenters. The van der Waals surface area contributed by atoms with Gasteiger partial charge in [0.25, 0.3) is 0 Å². The largest absolute Gasteiger partial charge is 0.373 e. The minimum absolute atomic E-state index is 0.168. The average Bonchev–Trinajstić information content (AvgIpc) is 3.27. The second-order valence-corrected chi connectivity index (χ2v) is 9.67. The summed E-state index contributed by atoms with van der Waals surface area (Å²) in [4.78, 5) is 34.1. The van der Waals surface area contributed by atoms with Gasteiger partial charge in [0.2, 0.25) is 11.8 Å². The lowest BCUT2D eigenvalue weighted by Crippen LogP contribution is -2.44. The highest BCUT2D eigenvalue weighted by molar-refractivity contribution is 9.10. The van der Waals surface area contributed by atoms with E-state index >= 15 is 0 Å². The van der Waals surface area contributed by atoms with Gasteiger partial charge < -0.3 is 15.0 Å². The molecule has 2 aromatic rings. The Bertz CT molecular complexity index is 926. The number of aromatic nitrogens is 1. The van der Waals surface area contributed by atoms with Crippen molar-refractivity contribution in [3.63, 3.8) is 0 Å². The third-order valence-corrected chi connectivity index (χ3v) is 6.60. The van der Waals surface area contributed by atoms with Crippen molar-refractivity contribution in [3.8, 4) is 0 Å². The minimum Gasteiger partial charge on any atom is -0.373 e. The van der Waals surface area contributed by atoms with Crippen LogP contribution in [0.3, 0.4) is 0 Å². The maximum absolute atomic E-state index is 12.8. The van der Waals surface area contributed by atoms with E-state index in [1.165, 1.54) is 11.3 Å². The number of benzene rings is 1. The standard InChI is InChI=1S/C21H25BrN4O3S/c1-13-9-25(10-14(2)29-13)11-16-12-30-21(23-16)24-19(27)18-6-7-26(20(18)28)17-5-3-4-15(22)8-17/h3-5,8,12-14,18H,6-7,9-11H2,1-2H3,(H,23,24,27). The molecule has 0 aliphatic carbocycles. The van der Waals surface area contributed by atoms with E-state index in [9.17, 15) is 9.59 Å². The fourth-order valence-electron chi connectivity index (χ4n) is 4.10. The molecular weight excluding hydrogens is 468 g/mol. The molecule has 3 atom stereocenters. The molecule has 0 spiro atoms. The predicted octanol–water partition coefficient (Wildman–Crippen LogP) is 3.51. The van der Waals surface area contributed by atoms with Crippen LogP contribution in [0.4, 0.5) is 10.8 Å². The van der Waals surface area contributed by atoms with Gasteiger partial charge in [0.05, 0.1) is 17.9 Å². The van der Waals surface area contributed by atoms with Crippen molar-refractivity contribution in [2.45, 2.75) is 39.0 Å². The van der Waals surface area contributed by atoms with E-state index in [1.807, 2.05) is 29.6 Å². The van der Waals surface area contributed by atoms with Crippen molar-refractivity contribution in [3.05, 3.63) is 39.8 Å². The molecule has 7 nitrogen and oxygen atoms in total. The smallest absolute Gasteiger partial charge is 0.239 e. The highest BCUT2D eigenvalue weighted by Crippen LogP contribution is 2.28. The molecule has 1 N–H and O–H groups in total. The van der Waals surface area contributed by atoms with Crippen molar-refractivity contribution in [1.82, 2.24) is 9.88 Å². The number of halogens is 1. The summed E-state index contributed by atoms with van der Waals surface area (Å²) in [6.45, 7) is 7.14. The Morgan fingerprint density at radius 3 is 2.83 bits per heavy atom. The summed E-state index contributed by atoms with van der Waals surface area (Å²) in [5.74, 6) is -1.14.